The Morgan fingerprint density at radius 3 is 2.35 bits per heavy atom. The fourth-order valence-electron chi connectivity index (χ4n) is 2.65. The molecule has 0 aliphatic heterocycles. The Morgan fingerprint density at radius 2 is 1.69 bits per heavy atom. The van der Waals surface area contributed by atoms with E-state index in [1.807, 2.05) is 74.5 Å². The zero-order valence-corrected chi connectivity index (χ0v) is 15.6. The number of aromatic nitrogens is 2. The van der Waals surface area contributed by atoms with Gasteiger partial charge in [-0.1, -0.05) is 60.3 Å². The van der Waals surface area contributed by atoms with E-state index in [1.165, 1.54) is 11.8 Å². The maximum absolute atomic E-state index is 12.7. The van der Waals surface area contributed by atoms with Gasteiger partial charge in [-0.05, 0) is 31.5 Å². The van der Waals surface area contributed by atoms with Crippen molar-refractivity contribution in [1.29, 1.82) is 0 Å². The van der Waals surface area contributed by atoms with Crippen molar-refractivity contribution in [2.24, 2.45) is 0 Å². The van der Waals surface area contributed by atoms with Crippen molar-refractivity contribution in [2.45, 2.75) is 31.5 Å². The van der Waals surface area contributed by atoms with E-state index in [-0.39, 0.29) is 17.7 Å². The van der Waals surface area contributed by atoms with Crippen LogP contribution in [0.2, 0.25) is 0 Å². The summed E-state index contributed by atoms with van der Waals surface area (Å²) in [7, 11) is 0. The molecule has 1 amide bonds. The van der Waals surface area contributed by atoms with Crippen LogP contribution < -0.4 is 4.90 Å². The first-order valence-corrected chi connectivity index (χ1v) is 9.48. The first-order valence-electron chi connectivity index (χ1n) is 8.49. The molecular formula is C20H21N3O2S. The van der Waals surface area contributed by atoms with Crippen LogP contribution in [0.5, 0.6) is 0 Å². The average Bonchev–Trinajstić information content (AvgIpc) is 3.09. The maximum atomic E-state index is 12.7. The van der Waals surface area contributed by atoms with Crippen LogP contribution in [-0.2, 0) is 11.2 Å². The van der Waals surface area contributed by atoms with Gasteiger partial charge in [0.15, 0.2) is 0 Å². The molecule has 0 saturated carbocycles. The Balaban J connectivity index is 1.60. The van der Waals surface area contributed by atoms with Gasteiger partial charge in [-0.3, -0.25) is 4.79 Å². The van der Waals surface area contributed by atoms with Gasteiger partial charge in [-0.2, -0.15) is 0 Å². The molecule has 0 atom stereocenters. The van der Waals surface area contributed by atoms with Crippen LogP contribution in [0.3, 0.4) is 0 Å². The van der Waals surface area contributed by atoms with Crippen LogP contribution in [0.15, 0.2) is 70.3 Å². The third-order valence-corrected chi connectivity index (χ3v) is 4.59. The molecule has 3 rings (SSSR count). The third-order valence-electron chi connectivity index (χ3n) is 3.79. The normalized spacial score (nSPS) is 10.9. The van der Waals surface area contributed by atoms with Gasteiger partial charge in [-0.25, -0.2) is 0 Å². The lowest BCUT2D eigenvalue weighted by Crippen LogP contribution is -2.38. The number of benzene rings is 2. The molecule has 3 aromatic rings. The molecule has 0 bridgehead atoms. The first kappa shape index (κ1) is 18.2. The number of carbonyl (C=O) groups is 1. The van der Waals surface area contributed by atoms with Gasteiger partial charge in [0.05, 0.1) is 12.2 Å². The topological polar surface area (TPSA) is 59.2 Å². The zero-order chi connectivity index (χ0) is 18.4. The second-order valence-electron chi connectivity index (χ2n) is 6.11. The van der Waals surface area contributed by atoms with Gasteiger partial charge < -0.3 is 9.32 Å². The molecule has 1 aromatic heterocycles. The van der Waals surface area contributed by atoms with Crippen molar-refractivity contribution in [3.63, 3.8) is 0 Å². The molecule has 134 valence electrons. The lowest BCUT2D eigenvalue weighted by Gasteiger charge is -2.26. The Hall–Kier alpha value is -2.60. The minimum Gasteiger partial charge on any atom is -0.416 e. The molecule has 5 nitrogen and oxygen atoms in total. The largest absolute Gasteiger partial charge is 0.416 e. The van der Waals surface area contributed by atoms with E-state index in [2.05, 4.69) is 10.2 Å². The average molecular weight is 367 g/mol. The van der Waals surface area contributed by atoms with Gasteiger partial charge in [0.1, 0.15) is 0 Å². The highest BCUT2D eigenvalue weighted by molar-refractivity contribution is 7.99. The molecule has 0 aliphatic rings. The summed E-state index contributed by atoms with van der Waals surface area (Å²) in [6.07, 6.45) is 0.588. The highest BCUT2D eigenvalue weighted by atomic mass is 32.2. The molecule has 0 fully saturated rings. The second-order valence-corrected chi connectivity index (χ2v) is 7.03. The number of para-hydroxylation sites is 1. The quantitative estimate of drug-likeness (QED) is 0.586. The fourth-order valence-corrected chi connectivity index (χ4v) is 3.29. The van der Waals surface area contributed by atoms with Crippen LogP contribution >= 0.6 is 11.8 Å². The Morgan fingerprint density at radius 1 is 1.04 bits per heavy atom. The molecule has 0 aliphatic carbocycles. The van der Waals surface area contributed by atoms with E-state index in [1.54, 1.807) is 4.90 Å². The van der Waals surface area contributed by atoms with Gasteiger partial charge in [0.2, 0.25) is 11.8 Å². The molecule has 2 aromatic carbocycles. The number of hydrogen-bond acceptors (Lipinski definition) is 5. The van der Waals surface area contributed by atoms with Crippen molar-refractivity contribution in [3.05, 3.63) is 72.1 Å². The van der Waals surface area contributed by atoms with Gasteiger partial charge in [0, 0.05) is 11.7 Å². The Labute approximate surface area is 157 Å². The summed E-state index contributed by atoms with van der Waals surface area (Å²) in [5, 5.41) is 8.52. The maximum Gasteiger partial charge on any atom is 0.277 e. The van der Waals surface area contributed by atoms with E-state index in [9.17, 15) is 4.79 Å². The van der Waals surface area contributed by atoms with Crippen molar-refractivity contribution in [3.8, 4) is 0 Å². The molecule has 0 radical (unpaired) electrons. The van der Waals surface area contributed by atoms with E-state index >= 15 is 0 Å². The number of thioether (sulfide) groups is 1. The number of rotatable bonds is 7. The zero-order valence-electron chi connectivity index (χ0n) is 14.8. The standard InChI is InChI=1S/C20H21N3O2S/c1-15(2)23(17-11-7-4-8-12-17)19(24)14-26-20-22-21-18(25-20)13-16-9-5-3-6-10-16/h3-12,15H,13-14H2,1-2H3. The first-order chi connectivity index (χ1) is 12.6. The van der Waals surface area contributed by atoms with Crippen LogP contribution in [0.4, 0.5) is 5.69 Å². The van der Waals surface area contributed by atoms with Crippen LogP contribution in [0.25, 0.3) is 0 Å². The summed E-state index contributed by atoms with van der Waals surface area (Å²) in [5.41, 5.74) is 2.00. The van der Waals surface area contributed by atoms with Gasteiger partial charge in [0.25, 0.3) is 5.22 Å². The summed E-state index contributed by atoms with van der Waals surface area (Å²) in [6, 6.07) is 19.7. The summed E-state index contributed by atoms with van der Waals surface area (Å²) in [5.74, 6) is 0.814. The minimum absolute atomic E-state index is 0.0130. The summed E-state index contributed by atoms with van der Waals surface area (Å²) < 4.78 is 5.65. The predicted molar refractivity (Wildman–Crippen MR) is 103 cm³/mol. The van der Waals surface area contributed by atoms with Crippen LogP contribution in [0.1, 0.15) is 25.3 Å². The van der Waals surface area contributed by atoms with E-state index < -0.39 is 0 Å². The van der Waals surface area contributed by atoms with Gasteiger partial charge >= 0.3 is 0 Å². The fraction of sp³-hybridized carbons (Fsp3) is 0.250. The second kappa shape index (κ2) is 8.67. The molecule has 26 heavy (non-hydrogen) atoms. The van der Waals surface area contributed by atoms with Crippen molar-refractivity contribution < 1.29 is 9.21 Å². The SMILES string of the molecule is CC(C)N(C(=O)CSc1nnc(Cc2ccccc2)o1)c1ccccc1. The molecular weight excluding hydrogens is 346 g/mol. The number of hydrogen-bond donors (Lipinski definition) is 0. The lowest BCUT2D eigenvalue weighted by atomic mass is 10.2. The van der Waals surface area contributed by atoms with E-state index in [0.29, 0.717) is 17.5 Å². The number of nitrogens with zero attached hydrogens (tertiary/aromatic N) is 3. The van der Waals surface area contributed by atoms with Crippen LogP contribution in [-0.4, -0.2) is 27.9 Å². The predicted octanol–water partition coefficient (Wildman–Crippen LogP) is 4.19. The molecule has 0 N–H and O–H groups in total. The van der Waals surface area contributed by atoms with Gasteiger partial charge in [-0.15, -0.1) is 10.2 Å². The molecule has 6 heteroatoms. The molecule has 0 unspecified atom stereocenters. The van der Waals surface area contributed by atoms with Crippen molar-refractivity contribution >= 4 is 23.4 Å². The lowest BCUT2D eigenvalue weighted by molar-refractivity contribution is -0.116. The highest BCUT2D eigenvalue weighted by Crippen LogP contribution is 2.22. The molecule has 1 heterocycles. The van der Waals surface area contributed by atoms with E-state index in [0.717, 1.165) is 11.3 Å². The summed E-state index contributed by atoms with van der Waals surface area (Å²) in [4.78, 5) is 14.5. The van der Waals surface area contributed by atoms with Crippen molar-refractivity contribution in [2.75, 3.05) is 10.7 Å². The van der Waals surface area contributed by atoms with E-state index in [4.69, 9.17) is 4.42 Å². The highest BCUT2D eigenvalue weighted by Gasteiger charge is 2.20. The van der Waals surface area contributed by atoms with Crippen molar-refractivity contribution in [1.82, 2.24) is 10.2 Å². The smallest absolute Gasteiger partial charge is 0.277 e. The Bertz CT molecular complexity index is 835. The third kappa shape index (κ3) is 4.73. The van der Waals surface area contributed by atoms with Crippen LogP contribution in [0, 0.1) is 0 Å². The summed E-state index contributed by atoms with van der Waals surface area (Å²) >= 11 is 1.27. The summed E-state index contributed by atoms with van der Waals surface area (Å²) in [6.45, 7) is 4.00. The Kier molecular flexibility index (Phi) is 6.07. The monoisotopic (exact) mass is 367 g/mol. The number of anilines is 1. The number of amides is 1. The number of carbonyl (C=O) groups excluding carboxylic acids is 1. The minimum atomic E-state index is 0.0130. The molecule has 0 saturated heterocycles. The molecule has 0 spiro atoms.